The minimum absolute atomic E-state index is 0.0354. The highest BCUT2D eigenvalue weighted by atomic mass is 16.6. The molecule has 35 heavy (non-hydrogen) atoms. The molecular weight excluding hydrogens is 440 g/mol. The van der Waals surface area contributed by atoms with Crippen LogP contribution in [0.25, 0.3) is 0 Å². The van der Waals surface area contributed by atoms with Crippen molar-refractivity contribution in [2.45, 2.75) is 52.7 Å². The molecule has 0 aliphatic heterocycles. The normalized spacial score (nSPS) is 11.0. The largest absolute Gasteiger partial charge is 0.444 e. The molecule has 0 aromatic heterocycles. The van der Waals surface area contributed by atoms with Gasteiger partial charge in [0.05, 0.1) is 0 Å². The summed E-state index contributed by atoms with van der Waals surface area (Å²) in [6.07, 6.45) is 0.720. The second kappa shape index (κ2) is 11.5. The maximum Gasteiger partial charge on any atom is 0.407 e. The molecule has 0 bridgehead atoms. The van der Waals surface area contributed by atoms with Crippen LogP contribution in [-0.2, 0) is 24.1 Å². The molecule has 0 aliphatic carbocycles. The zero-order valence-corrected chi connectivity index (χ0v) is 20.7. The third-order valence-corrected chi connectivity index (χ3v) is 5.31. The third kappa shape index (κ3) is 8.10. The molecule has 0 unspecified atom stereocenters. The Bertz CT molecular complexity index is 1160. The van der Waals surface area contributed by atoms with E-state index in [1.54, 1.807) is 24.3 Å². The molecule has 6 nitrogen and oxygen atoms in total. The molecule has 0 fully saturated rings. The number of amides is 2. The van der Waals surface area contributed by atoms with Crippen LogP contribution in [0.3, 0.4) is 0 Å². The Morgan fingerprint density at radius 2 is 1.29 bits per heavy atom. The molecule has 2 amide bonds. The van der Waals surface area contributed by atoms with E-state index >= 15 is 0 Å². The highest BCUT2D eigenvalue weighted by Crippen LogP contribution is 2.14. The first kappa shape index (κ1) is 25.7. The van der Waals surface area contributed by atoms with E-state index in [2.05, 4.69) is 17.6 Å². The number of alkyl carbamates (subject to hydrolysis) is 1. The minimum Gasteiger partial charge on any atom is -0.444 e. The molecule has 0 heterocycles. The minimum atomic E-state index is -0.545. The molecule has 3 rings (SSSR count). The van der Waals surface area contributed by atoms with Gasteiger partial charge in [-0.15, -0.1) is 0 Å². The summed E-state index contributed by atoms with van der Waals surface area (Å²) < 4.78 is 5.23. The van der Waals surface area contributed by atoms with E-state index in [1.807, 2.05) is 69.3 Å². The summed E-state index contributed by atoms with van der Waals surface area (Å²) in [6, 6.07) is 21.9. The molecule has 3 aromatic carbocycles. The van der Waals surface area contributed by atoms with Crippen LogP contribution in [0.1, 0.15) is 65.1 Å². The van der Waals surface area contributed by atoms with Gasteiger partial charge in [0, 0.05) is 29.8 Å². The van der Waals surface area contributed by atoms with Crippen molar-refractivity contribution in [2.24, 2.45) is 0 Å². The predicted molar refractivity (Wildman–Crippen MR) is 138 cm³/mol. The zero-order chi connectivity index (χ0) is 25.4. The molecule has 182 valence electrons. The number of Topliss-reactive ketones (excluding diaryl/α,β-unsaturated/α-hetero) is 1. The zero-order valence-electron chi connectivity index (χ0n) is 20.7. The molecule has 0 aliphatic rings. The summed E-state index contributed by atoms with van der Waals surface area (Å²) in [7, 11) is 0. The Kier molecular flexibility index (Phi) is 8.42. The lowest BCUT2D eigenvalue weighted by Gasteiger charge is -2.19. The van der Waals surface area contributed by atoms with Gasteiger partial charge in [-0.2, -0.15) is 0 Å². The van der Waals surface area contributed by atoms with Gasteiger partial charge in [-0.3, -0.25) is 9.59 Å². The Morgan fingerprint density at radius 1 is 0.743 bits per heavy atom. The third-order valence-electron chi connectivity index (χ3n) is 5.31. The fourth-order valence-corrected chi connectivity index (χ4v) is 3.39. The number of carbonyl (C=O) groups excluding carboxylic acids is 3. The van der Waals surface area contributed by atoms with Crippen LogP contribution in [0.5, 0.6) is 0 Å². The van der Waals surface area contributed by atoms with Gasteiger partial charge in [-0.1, -0.05) is 55.5 Å². The van der Waals surface area contributed by atoms with E-state index in [1.165, 1.54) is 5.56 Å². The average molecular weight is 473 g/mol. The molecule has 0 radical (unpaired) electrons. The second-order valence-corrected chi connectivity index (χ2v) is 9.35. The van der Waals surface area contributed by atoms with Crippen LogP contribution in [0.4, 0.5) is 10.5 Å². The molecule has 0 saturated heterocycles. The van der Waals surface area contributed by atoms with Gasteiger partial charge < -0.3 is 15.4 Å². The molecule has 0 atom stereocenters. The van der Waals surface area contributed by atoms with Gasteiger partial charge in [0.15, 0.2) is 5.78 Å². The summed E-state index contributed by atoms with van der Waals surface area (Å²) in [5.74, 6) is -0.254. The lowest BCUT2D eigenvalue weighted by Crippen LogP contribution is -2.32. The van der Waals surface area contributed by atoms with Gasteiger partial charge in [0.2, 0.25) is 0 Å². The smallest absolute Gasteiger partial charge is 0.407 e. The van der Waals surface area contributed by atoms with Crippen LogP contribution in [0.15, 0.2) is 72.8 Å². The van der Waals surface area contributed by atoms with Gasteiger partial charge in [0.25, 0.3) is 5.91 Å². The molecule has 2 N–H and O–H groups in total. The molecule has 0 spiro atoms. The van der Waals surface area contributed by atoms with Crippen molar-refractivity contribution >= 4 is 23.5 Å². The number of hydrogen-bond acceptors (Lipinski definition) is 4. The molecule has 3 aromatic rings. The van der Waals surface area contributed by atoms with E-state index < -0.39 is 11.7 Å². The van der Waals surface area contributed by atoms with Crippen LogP contribution >= 0.6 is 0 Å². The highest BCUT2D eigenvalue weighted by Gasteiger charge is 2.16. The monoisotopic (exact) mass is 472 g/mol. The van der Waals surface area contributed by atoms with E-state index in [0.29, 0.717) is 17.7 Å². The summed E-state index contributed by atoms with van der Waals surface area (Å²) in [5.41, 5.74) is 4.21. The number of anilines is 1. The van der Waals surface area contributed by atoms with Crippen molar-refractivity contribution in [3.63, 3.8) is 0 Å². The van der Waals surface area contributed by atoms with Crippen LogP contribution in [0.2, 0.25) is 0 Å². The number of nitrogens with one attached hydrogen (secondary N) is 2. The molecular formula is C29H32N2O4. The number of carbonyl (C=O) groups is 3. The topological polar surface area (TPSA) is 84.5 Å². The van der Waals surface area contributed by atoms with E-state index in [-0.39, 0.29) is 18.1 Å². The Morgan fingerprint density at radius 3 is 1.86 bits per heavy atom. The van der Waals surface area contributed by atoms with E-state index in [4.69, 9.17) is 4.74 Å². The van der Waals surface area contributed by atoms with Gasteiger partial charge in [-0.25, -0.2) is 4.79 Å². The van der Waals surface area contributed by atoms with E-state index in [9.17, 15) is 14.4 Å². The second-order valence-electron chi connectivity index (χ2n) is 9.35. The SMILES string of the molecule is CCc1ccc(NC(=O)c2ccc(C(=O)Cc3ccc(CNC(=O)OC(C)(C)C)cc3)cc2)cc1. The Hall–Kier alpha value is -3.93. The summed E-state index contributed by atoms with van der Waals surface area (Å²) >= 11 is 0. The standard InChI is InChI=1S/C29H32N2O4/c1-5-20-10-16-25(17-11-20)31-27(33)24-14-12-23(13-15-24)26(32)18-21-6-8-22(9-7-21)19-30-28(34)35-29(2,3)4/h6-17H,5,18-19H2,1-4H3,(H,30,34)(H,31,33). The van der Waals surface area contributed by atoms with Crippen molar-refractivity contribution in [2.75, 3.05) is 5.32 Å². The van der Waals surface area contributed by atoms with Crippen molar-refractivity contribution in [3.05, 3.63) is 101 Å². The number of aryl methyl sites for hydroxylation is 1. The maximum atomic E-state index is 12.7. The fourth-order valence-electron chi connectivity index (χ4n) is 3.39. The summed E-state index contributed by atoms with van der Waals surface area (Å²) in [4.78, 5) is 37.0. The maximum absolute atomic E-state index is 12.7. The predicted octanol–water partition coefficient (Wildman–Crippen LogP) is 5.95. The van der Waals surface area contributed by atoms with Crippen LogP contribution in [0, 0.1) is 0 Å². The lowest BCUT2D eigenvalue weighted by atomic mass is 10.0. The quantitative estimate of drug-likeness (QED) is 0.397. The van der Waals surface area contributed by atoms with Crippen molar-refractivity contribution in [1.82, 2.24) is 5.32 Å². The number of ketones is 1. The molecule has 0 saturated carbocycles. The van der Waals surface area contributed by atoms with Crippen molar-refractivity contribution in [3.8, 4) is 0 Å². The number of benzene rings is 3. The highest BCUT2D eigenvalue weighted by molar-refractivity contribution is 6.05. The van der Waals surface area contributed by atoms with Crippen LogP contribution < -0.4 is 10.6 Å². The van der Waals surface area contributed by atoms with E-state index in [0.717, 1.165) is 23.2 Å². The summed E-state index contributed by atoms with van der Waals surface area (Å²) in [6.45, 7) is 7.86. The number of ether oxygens (including phenoxy) is 1. The first-order valence-electron chi connectivity index (χ1n) is 11.7. The fraction of sp³-hybridized carbons (Fsp3) is 0.276. The molecule has 6 heteroatoms. The lowest BCUT2D eigenvalue weighted by molar-refractivity contribution is 0.0523. The van der Waals surface area contributed by atoms with Crippen LogP contribution in [-0.4, -0.2) is 23.4 Å². The Labute approximate surface area is 206 Å². The van der Waals surface area contributed by atoms with Gasteiger partial charge in [-0.05, 0) is 68.1 Å². The number of hydrogen-bond donors (Lipinski definition) is 2. The summed E-state index contributed by atoms with van der Waals surface area (Å²) in [5, 5.41) is 5.59. The van der Waals surface area contributed by atoms with Crippen molar-refractivity contribution in [1.29, 1.82) is 0 Å². The average Bonchev–Trinajstić information content (AvgIpc) is 2.83. The van der Waals surface area contributed by atoms with Crippen molar-refractivity contribution < 1.29 is 19.1 Å². The van der Waals surface area contributed by atoms with Gasteiger partial charge in [0.1, 0.15) is 5.60 Å². The van der Waals surface area contributed by atoms with Gasteiger partial charge >= 0.3 is 6.09 Å². The first-order valence-corrected chi connectivity index (χ1v) is 11.7. The first-order chi connectivity index (χ1) is 16.6. The number of rotatable bonds is 8. The Balaban J connectivity index is 1.52.